The monoisotopic (exact) mass is 320 g/mol. The molecule has 4 rings (SSSR count). The molecule has 0 aliphatic carbocycles. The average Bonchev–Trinajstić information content (AvgIpc) is 2.89. The molecule has 7 heteroatoms. The molecule has 7 nitrogen and oxygen atoms in total. The first-order valence-electron chi connectivity index (χ1n) is 7.88. The van der Waals surface area contributed by atoms with Gasteiger partial charge in [-0.2, -0.15) is 0 Å². The summed E-state index contributed by atoms with van der Waals surface area (Å²) in [5, 5.41) is 9.16. The van der Waals surface area contributed by atoms with E-state index in [4.69, 9.17) is 14.6 Å². The maximum absolute atomic E-state index is 12.8. The minimum absolute atomic E-state index is 0.0379. The summed E-state index contributed by atoms with van der Waals surface area (Å²) in [7, 11) is 0. The molecule has 3 fully saturated rings. The molecule has 23 heavy (non-hydrogen) atoms. The fourth-order valence-corrected chi connectivity index (χ4v) is 3.14. The Morgan fingerprint density at radius 2 is 2.30 bits per heavy atom. The number of hydrogen-bond donors (Lipinski definition) is 1. The van der Waals surface area contributed by atoms with Gasteiger partial charge in [0.2, 0.25) is 0 Å². The van der Waals surface area contributed by atoms with Crippen molar-refractivity contribution >= 4 is 11.9 Å². The van der Waals surface area contributed by atoms with E-state index >= 15 is 0 Å². The van der Waals surface area contributed by atoms with E-state index in [0.717, 1.165) is 19.3 Å². The second kappa shape index (κ2) is 6.54. The van der Waals surface area contributed by atoms with Crippen LogP contribution in [0.4, 0.5) is 0 Å². The van der Waals surface area contributed by atoms with Gasteiger partial charge in [0, 0.05) is 18.8 Å². The minimum Gasteiger partial charge on any atom is -0.493 e. The topological polar surface area (TPSA) is 89.0 Å². The standard InChI is InChI=1S/C16H20N2O5/c1-2-22-14-6-13(17-7-12(14)16(20)21)15(19)18-8-11-5-3-4-10(18)9-23-11/h6-7,10-11H,2-5,8-9H2,1H3,(H,20,21). The molecular formula is C16H20N2O5. The van der Waals surface area contributed by atoms with Gasteiger partial charge < -0.3 is 19.5 Å². The Morgan fingerprint density at radius 1 is 1.48 bits per heavy atom. The summed E-state index contributed by atoms with van der Waals surface area (Å²) in [6.07, 6.45) is 4.22. The minimum atomic E-state index is -1.12. The summed E-state index contributed by atoms with van der Waals surface area (Å²) in [6, 6.07) is 1.49. The molecule has 2 bridgehead atoms. The van der Waals surface area contributed by atoms with E-state index in [-0.39, 0.29) is 35.1 Å². The number of carbonyl (C=O) groups excluding carboxylic acids is 1. The number of hydrogen-bond acceptors (Lipinski definition) is 5. The summed E-state index contributed by atoms with van der Waals surface area (Å²) < 4.78 is 11.1. The van der Waals surface area contributed by atoms with Crippen LogP contribution in [0.3, 0.4) is 0 Å². The molecule has 3 saturated heterocycles. The fraction of sp³-hybridized carbons (Fsp3) is 0.562. The predicted octanol–water partition coefficient (Wildman–Crippen LogP) is 1.57. The number of rotatable bonds is 4. The van der Waals surface area contributed by atoms with Crippen molar-refractivity contribution in [2.24, 2.45) is 0 Å². The molecule has 3 aliphatic heterocycles. The molecule has 0 saturated carbocycles. The van der Waals surface area contributed by atoms with Gasteiger partial charge in [-0.1, -0.05) is 0 Å². The highest BCUT2D eigenvalue weighted by Crippen LogP contribution is 2.27. The lowest BCUT2D eigenvalue weighted by Gasteiger charge is -2.36. The van der Waals surface area contributed by atoms with Crippen LogP contribution in [-0.2, 0) is 4.74 Å². The summed E-state index contributed by atoms with van der Waals surface area (Å²) in [6.45, 7) is 3.20. The van der Waals surface area contributed by atoms with Gasteiger partial charge >= 0.3 is 5.97 Å². The number of aromatic carboxylic acids is 1. The zero-order valence-electron chi connectivity index (χ0n) is 13.0. The molecule has 2 unspecified atom stereocenters. The van der Waals surface area contributed by atoms with E-state index in [1.807, 2.05) is 0 Å². The van der Waals surface area contributed by atoms with Gasteiger partial charge in [0.15, 0.2) is 0 Å². The van der Waals surface area contributed by atoms with Crippen LogP contribution in [0.25, 0.3) is 0 Å². The second-order valence-corrected chi connectivity index (χ2v) is 5.80. The van der Waals surface area contributed by atoms with E-state index < -0.39 is 5.97 Å². The molecule has 0 radical (unpaired) electrons. The lowest BCUT2D eigenvalue weighted by atomic mass is 10.1. The number of aromatic nitrogens is 1. The molecular weight excluding hydrogens is 300 g/mol. The van der Waals surface area contributed by atoms with Gasteiger partial charge in [0.1, 0.15) is 17.0 Å². The highest BCUT2D eigenvalue weighted by molar-refractivity contribution is 5.96. The number of pyridine rings is 1. The molecule has 1 amide bonds. The van der Waals surface area contributed by atoms with Crippen molar-refractivity contribution in [2.45, 2.75) is 38.3 Å². The maximum Gasteiger partial charge on any atom is 0.341 e. The van der Waals surface area contributed by atoms with Crippen LogP contribution in [0.2, 0.25) is 0 Å². The number of morpholine rings is 1. The van der Waals surface area contributed by atoms with Gasteiger partial charge in [-0.15, -0.1) is 0 Å². The lowest BCUT2D eigenvalue weighted by Crippen LogP contribution is -2.50. The van der Waals surface area contributed by atoms with E-state index in [2.05, 4.69) is 4.98 Å². The number of fused-ring (bicyclic) bond motifs is 4. The van der Waals surface area contributed by atoms with Crippen molar-refractivity contribution in [2.75, 3.05) is 19.8 Å². The Morgan fingerprint density at radius 3 is 3.04 bits per heavy atom. The van der Waals surface area contributed by atoms with Crippen LogP contribution in [0.1, 0.15) is 47.0 Å². The molecule has 1 aromatic rings. The van der Waals surface area contributed by atoms with Crippen LogP contribution < -0.4 is 4.74 Å². The van der Waals surface area contributed by atoms with Crippen LogP contribution in [0.15, 0.2) is 12.3 Å². The van der Waals surface area contributed by atoms with E-state index in [1.54, 1.807) is 11.8 Å². The number of carboxylic acid groups (broad SMARTS) is 1. The molecule has 124 valence electrons. The van der Waals surface area contributed by atoms with Gasteiger partial charge in [-0.05, 0) is 26.2 Å². The SMILES string of the molecule is CCOc1cc(C(=O)N2CC3CCCC2CO3)ncc1C(=O)O. The highest BCUT2D eigenvalue weighted by atomic mass is 16.5. The lowest BCUT2D eigenvalue weighted by molar-refractivity contribution is -0.0395. The number of ether oxygens (including phenoxy) is 2. The van der Waals surface area contributed by atoms with E-state index in [9.17, 15) is 9.59 Å². The molecule has 0 aromatic carbocycles. The molecule has 3 aliphatic rings. The smallest absolute Gasteiger partial charge is 0.341 e. The Bertz CT molecular complexity index is 614. The molecule has 2 atom stereocenters. The Labute approximate surface area is 134 Å². The second-order valence-electron chi connectivity index (χ2n) is 5.80. The molecule has 1 N–H and O–H groups in total. The number of amides is 1. The number of carboxylic acids is 1. The normalized spacial score (nSPS) is 23.4. The van der Waals surface area contributed by atoms with E-state index in [0.29, 0.717) is 19.8 Å². The van der Waals surface area contributed by atoms with Crippen LogP contribution in [0, 0.1) is 0 Å². The van der Waals surface area contributed by atoms with Crippen LogP contribution in [-0.4, -0.2) is 58.8 Å². The van der Waals surface area contributed by atoms with Crippen molar-refractivity contribution in [3.63, 3.8) is 0 Å². The summed E-state index contributed by atoms with van der Waals surface area (Å²) in [5.74, 6) is -1.14. The Hall–Kier alpha value is -2.15. The third-order valence-corrected chi connectivity index (χ3v) is 4.31. The van der Waals surface area contributed by atoms with Crippen LogP contribution >= 0.6 is 0 Å². The highest BCUT2D eigenvalue weighted by Gasteiger charge is 2.36. The van der Waals surface area contributed by atoms with Crippen molar-refractivity contribution in [1.82, 2.24) is 9.88 Å². The first-order chi connectivity index (χ1) is 11.1. The first kappa shape index (κ1) is 15.7. The van der Waals surface area contributed by atoms with Gasteiger partial charge in [-0.3, -0.25) is 4.79 Å². The third kappa shape index (κ3) is 3.14. The number of carbonyl (C=O) groups is 2. The first-order valence-corrected chi connectivity index (χ1v) is 7.88. The Balaban J connectivity index is 1.87. The van der Waals surface area contributed by atoms with Crippen LogP contribution in [0.5, 0.6) is 5.75 Å². The quantitative estimate of drug-likeness (QED) is 0.906. The Kier molecular flexibility index (Phi) is 4.47. The van der Waals surface area contributed by atoms with Gasteiger partial charge in [0.25, 0.3) is 5.91 Å². The zero-order valence-corrected chi connectivity index (χ0v) is 13.0. The largest absolute Gasteiger partial charge is 0.493 e. The van der Waals surface area contributed by atoms with Crippen molar-refractivity contribution < 1.29 is 24.2 Å². The summed E-state index contributed by atoms with van der Waals surface area (Å²) in [5.41, 5.74) is 0.176. The van der Waals surface area contributed by atoms with Gasteiger partial charge in [0.05, 0.1) is 25.4 Å². The van der Waals surface area contributed by atoms with Crippen molar-refractivity contribution in [1.29, 1.82) is 0 Å². The molecule has 0 spiro atoms. The van der Waals surface area contributed by atoms with E-state index in [1.165, 1.54) is 12.3 Å². The third-order valence-electron chi connectivity index (χ3n) is 4.31. The summed E-state index contributed by atoms with van der Waals surface area (Å²) >= 11 is 0. The number of nitrogens with zero attached hydrogens (tertiary/aromatic N) is 2. The fourth-order valence-electron chi connectivity index (χ4n) is 3.14. The van der Waals surface area contributed by atoms with Crippen molar-refractivity contribution in [3.05, 3.63) is 23.5 Å². The van der Waals surface area contributed by atoms with Crippen molar-refractivity contribution in [3.8, 4) is 5.75 Å². The van der Waals surface area contributed by atoms with Gasteiger partial charge in [-0.25, -0.2) is 9.78 Å². The molecule has 1 aromatic heterocycles. The maximum atomic E-state index is 12.8. The zero-order chi connectivity index (χ0) is 16.4. The predicted molar refractivity (Wildman–Crippen MR) is 80.8 cm³/mol. The molecule has 4 heterocycles. The summed E-state index contributed by atoms with van der Waals surface area (Å²) in [4.78, 5) is 29.8. The average molecular weight is 320 g/mol.